The van der Waals surface area contributed by atoms with Crippen LogP contribution in [0.4, 0.5) is 0 Å². The topological polar surface area (TPSA) is 3.24 Å². The normalized spacial score (nSPS) is 32.0. The van der Waals surface area contributed by atoms with E-state index in [2.05, 4.69) is 29.5 Å². The number of benzene rings is 1. The van der Waals surface area contributed by atoms with Crippen LogP contribution in [0.15, 0.2) is 23.6 Å². The maximum Gasteiger partial charge on any atom is 0.0413 e. The van der Waals surface area contributed by atoms with Gasteiger partial charge in [0.25, 0.3) is 0 Å². The van der Waals surface area contributed by atoms with Gasteiger partial charge in [0, 0.05) is 28.2 Å². The van der Waals surface area contributed by atoms with Gasteiger partial charge in [0.1, 0.15) is 0 Å². The second-order valence-corrected chi connectivity index (χ2v) is 6.89. The third kappa shape index (κ3) is 1.35. The van der Waals surface area contributed by atoms with Crippen LogP contribution < -0.4 is 0 Å². The largest absolute Gasteiger partial charge is 0.305 e. The molecule has 2 aliphatic rings. The van der Waals surface area contributed by atoms with Crippen molar-refractivity contribution in [1.82, 2.24) is 4.90 Å². The van der Waals surface area contributed by atoms with E-state index in [0.29, 0.717) is 5.41 Å². The van der Waals surface area contributed by atoms with Gasteiger partial charge in [0.2, 0.25) is 0 Å². The molecule has 3 heteroatoms. The zero-order valence-electron chi connectivity index (χ0n) is 9.74. The highest BCUT2D eigenvalue weighted by Crippen LogP contribution is 2.60. The van der Waals surface area contributed by atoms with Crippen molar-refractivity contribution in [3.05, 3.63) is 34.2 Å². The summed E-state index contributed by atoms with van der Waals surface area (Å²) >= 11 is 7.99. The number of fused-ring (bicyclic) bond motifs is 2. The molecular weight excluding hydrogens is 250 g/mol. The van der Waals surface area contributed by atoms with Crippen molar-refractivity contribution in [2.75, 3.05) is 20.1 Å². The zero-order valence-corrected chi connectivity index (χ0v) is 11.3. The Balaban J connectivity index is 1.89. The van der Waals surface area contributed by atoms with Gasteiger partial charge in [0.15, 0.2) is 0 Å². The minimum Gasteiger partial charge on any atom is -0.305 e. The van der Waals surface area contributed by atoms with Crippen molar-refractivity contribution in [2.45, 2.75) is 11.8 Å². The van der Waals surface area contributed by atoms with E-state index in [-0.39, 0.29) is 0 Å². The molecule has 1 aromatic carbocycles. The third-order valence-corrected chi connectivity index (χ3v) is 5.59. The number of thiophene rings is 1. The zero-order chi connectivity index (χ0) is 11.6. The minimum atomic E-state index is 0.456. The number of halogens is 1. The highest BCUT2D eigenvalue weighted by molar-refractivity contribution is 7.17. The van der Waals surface area contributed by atoms with Crippen molar-refractivity contribution in [3.63, 3.8) is 0 Å². The lowest BCUT2D eigenvalue weighted by molar-refractivity contribution is 0.364. The summed E-state index contributed by atoms with van der Waals surface area (Å²) in [5.41, 5.74) is 2.01. The number of likely N-dealkylation sites (tertiary alicyclic amines) is 1. The summed E-state index contributed by atoms with van der Waals surface area (Å²) < 4.78 is 1.37. The molecule has 88 valence electrons. The summed E-state index contributed by atoms with van der Waals surface area (Å²) in [5.74, 6) is 0.879. The Labute approximate surface area is 110 Å². The lowest BCUT2D eigenvalue weighted by Crippen LogP contribution is -2.21. The second-order valence-electron chi connectivity index (χ2n) is 5.54. The second kappa shape index (κ2) is 3.25. The number of likely N-dealkylation sites (N-methyl/N-ethyl adjacent to an activating group) is 1. The highest BCUT2D eigenvalue weighted by Gasteiger charge is 2.60. The summed E-state index contributed by atoms with van der Waals surface area (Å²) in [6, 6.07) is 6.29. The molecule has 1 aromatic heterocycles. The number of hydrogen-bond donors (Lipinski definition) is 0. The molecule has 1 aliphatic carbocycles. The van der Waals surface area contributed by atoms with E-state index < -0.39 is 0 Å². The van der Waals surface area contributed by atoms with Crippen molar-refractivity contribution in [3.8, 4) is 0 Å². The van der Waals surface area contributed by atoms with Gasteiger partial charge >= 0.3 is 0 Å². The molecule has 1 saturated carbocycles. The van der Waals surface area contributed by atoms with Crippen LogP contribution in [-0.2, 0) is 5.41 Å². The van der Waals surface area contributed by atoms with Gasteiger partial charge < -0.3 is 4.90 Å². The SMILES string of the molecule is CN1CC2CC2(c2csc3ccc(Cl)cc23)C1. The molecular formula is C14H14ClNS. The van der Waals surface area contributed by atoms with E-state index in [4.69, 9.17) is 11.6 Å². The fraction of sp³-hybridized carbons (Fsp3) is 0.429. The van der Waals surface area contributed by atoms with Gasteiger partial charge in [-0.15, -0.1) is 11.3 Å². The van der Waals surface area contributed by atoms with Crippen molar-refractivity contribution in [2.24, 2.45) is 5.92 Å². The predicted octanol–water partition coefficient (Wildman–Crippen LogP) is 3.76. The van der Waals surface area contributed by atoms with Gasteiger partial charge in [-0.3, -0.25) is 0 Å². The molecule has 2 heterocycles. The lowest BCUT2D eigenvalue weighted by Gasteiger charge is -2.15. The third-order valence-electron chi connectivity index (χ3n) is 4.39. The van der Waals surface area contributed by atoms with Gasteiger partial charge in [-0.05, 0) is 53.9 Å². The number of hydrogen-bond acceptors (Lipinski definition) is 2. The molecule has 2 aromatic rings. The molecule has 4 rings (SSSR count). The van der Waals surface area contributed by atoms with Gasteiger partial charge in [-0.1, -0.05) is 11.6 Å². The van der Waals surface area contributed by atoms with E-state index in [1.54, 1.807) is 5.56 Å². The molecule has 0 bridgehead atoms. The molecule has 1 saturated heterocycles. The number of nitrogens with zero attached hydrogens (tertiary/aromatic N) is 1. The Morgan fingerprint density at radius 1 is 1.47 bits per heavy atom. The van der Waals surface area contributed by atoms with Crippen LogP contribution in [0, 0.1) is 5.92 Å². The minimum absolute atomic E-state index is 0.456. The maximum absolute atomic E-state index is 6.14. The van der Waals surface area contributed by atoms with Gasteiger partial charge in [-0.2, -0.15) is 0 Å². The average molecular weight is 264 g/mol. The summed E-state index contributed by atoms with van der Waals surface area (Å²) in [6.45, 7) is 2.48. The summed E-state index contributed by atoms with van der Waals surface area (Å²) in [6.07, 6.45) is 1.37. The predicted molar refractivity (Wildman–Crippen MR) is 74.1 cm³/mol. The van der Waals surface area contributed by atoms with E-state index in [1.807, 2.05) is 17.4 Å². The van der Waals surface area contributed by atoms with Gasteiger partial charge in [0.05, 0.1) is 0 Å². The van der Waals surface area contributed by atoms with Crippen LogP contribution in [0.5, 0.6) is 0 Å². The molecule has 2 fully saturated rings. The van der Waals surface area contributed by atoms with Crippen LogP contribution in [0.25, 0.3) is 10.1 Å². The molecule has 0 spiro atoms. The van der Waals surface area contributed by atoms with Gasteiger partial charge in [-0.25, -0.2) is 0 Å². The fourth-order valence-corrected chi connectivity index (χ4v) is 4.76. The summed E-state index contributed by atoms with van der Waals surface area (Å²) in [7, 11) is 2.23. The molecule has 0 radical (unpaired) electrons. The quantitative estimate of drug-likeness (QED) is 0.757. The van der Waals surface area contributed by atoms with Crippen LogP contribution in [0.2, 0.25) is 5.02 Å². The Morgan fingerprint density at radius 3 is 3.12 bits per heavy atom. The molecule has 17 heavy (non-hydrogen) atoms. The first-order valence-corrected chi connectivity index (χ1v) is 7.31. The molecule has 2 unspecified atom stereocenters. The number of piperidine rings is 1. The molecule has 1 aliphatic heterocycles. The van der Waals surface area contributed by atoms with Crippen LogP contribution in [-0.4, -0.2) is 25.0 Å². The van der Waals surface area contributed by atoms with Crippen molar-refractivity contribution >= 4 is 33.0 Å². The average Bonchev–Trinajstić information content (AvgIpc) is 2.70. The van der Waals surface area contributed by atoms with E-state index in [0.717, 1.165) is 10.9 Å². The Kier molecular flexibility index (Phi) is 1.98. The van der Waals surface area contributed by atoms with Crippen LogP contribution in [0.3, 0.4) is 0 Å². The monoisotopic (exact) mass is 263 g/mol. The lowest BCUT2D eigenvalue weighted by atomic mass is 9.94. The van der Waals surface area contributed by atoms with Crippen LogP contribution in [0.1, 0.15) is 12.0 Å². The molecule has 1 nitrogen and oxygen atoms in total. The van der Waals surface area contributed by atoms with E-state index in [9.17, 15) is 0 Å². The molecule has 0 N–H and O–H groups in total. The Hall–Kier alpha value is -0.570. The Bertz CT molecular complexity index is 605. The maximum atomic E-state index is 6.14. The standard InChI is InChI=1S/C14H14ClNS/c1-16-6-9-5-14(9,8-16)12-7-17-13-3-2-10(15)4-11(12)13/h2-4,7,9H,5-6,8H2,1H3. The Morgan fingerprint density at radius 2 is 2.35 bits per heavy atom. The van der Waals surface area contributed by atoms with Crippen LogP contribution >= 0.6 is 22.9 Å². The summed E-state index contributed by atoms with van der Waals surface area (Å²) in [5, 5.41) is 4.61. The first-order valence-electron chi connectivity index (χ1n) is 6.05. The number of rotatable bonds is 1. The fourth-order valence-electron chi connectivity index (χ4n) is 3.54. The molecule has 0 amide bonds. The molecule has 2 atom stereocenters. The van der Waals surface area contributed by atoms with Crippen molar-refractivity contribution in [1.29, 1.82) is 0 Å². The first kappa shape index (κ1) is 10.4. The smallest absolute Gasteiger partial charge is 0.0413 e. The first-order chi connectivity index (χ1) is 8.19. The van der Waals surface area contributed by atoms with E-state index >= 15 is 0 Å². The highest BCUT2D eigenvalue weighted by atomic mass is 35.5. The van der Waals surface area contributed by atoms with Crippen molar-refractivity contribution < 1.29 is 0 Å². The summed E-state index contributed by atoms with van der Waals surface area (Å²) in [4.78, 5) is 2.46. The van der Waals surface area contributed by atoms with E-state index in [1.165, 1.54) is 29.6 Å².